The largest absolute Gasteiger partial charge is 0.508 e. The molecule has 0 saturated heterocycles. The number of benzene rings is 1. The third-order valence-electron chi connectivity index (χ3n) is 1.46. The lowest BCUT2D eigenvalue weighted by Gasteiger charge is -2.02. The minimum atomic E-state index is 0.568. The molecule has 2 nitrogen and oxygen atoms in total. The van der Waals surface area contributed by atoms with E-state index >= 15 is 0 Å². The topological polar surface area (TPSA) is 13.6 Å². The standard InChI is InChI=1S/C9H9NO/c1-7-4-5-8(10-2)9(6-7)11-3/h4-6H,1,3H3. The number of hydrogen-bond donors (Lipinski definition) is 0. The van der Waals surface area contributed by atoms with Gasteiger partial charge in [0.1, 0.15) is 5.75 Å². The van der Waals surface area contributed by atoms with Crippen LogP contribution in [0.4, 0.5) is 5.69 Å². The molecular formula is C9H9NO. The highest BCUT2D eigenvalue weighted by atomic mass is 16.5. The zero-order valence-corrected chi connectivity index (χ0v) is 6.59. The quantitative estimate of drug-likeness (QED) is 0.556. The van der Waals surface area contributed by atoms with Crippen LogP contribution in [0.25, 0.3) is 4.85 Å². The van der Waals surface area contributed by atoms with Crippen LogP contribution < -0.4 is 4.74 Å². The van der Waals surface area contributed by atoms with Crippen molar-refractivity contribution >= 4 is 5.69 Å². The average molecular weight is 147 g/mol. The minimum absolute atomic E-state index is 0.568. The van der Waals surface area contributed by atoms with Crippen molar-refractivity contribution in [2.75, 3.05) is 7.11 Å². The van der Waals surface area contributed by atoms with E-state index in [4.69, 9.17) is 11.3 Å². The fraction of sp³-hybridized carbons (Fsp3) is 0.222. The SMILES string of the molecule is [C-]#[N+]c1ccc(C)cc1OC. The van der Waals surface area contributed by atoms with E-state index in [1.165, 1.54) is 0 Å². The van der Waals surface area contributed by atoms with E-state index in [2.05, 4.69) is 4.85 Å². The Morgan fingerprint density at radius 3 is 2.73 bits per heavy atom. The number of rotatable bonds is 1. The van der Waals surface area contributed by atoms with Crippen LogP contribution in [-0.2, 0) is 0 Å². The van der Waals surface area contributed by atoms with Gasteiger partial charge in [-0.25, -0.2) is 4.85 Å². The summed E-state index contributed by atoms with van der Waals surface area (Å²) in [4.78, 5) is 3.31. The molecule has 56 valence electrons. The van der Waals surface area contributed by atoms with Gasteiger partial charge in [0.15, 0.2) is 0 Å². The van der Waals surface area contributed by atoms with Crippen molar-refractivity contribution in [2.45, 2.75) is 6.92 Å². The van der Waals surface area contributed by atoms with Gasteiger partial charge in [0.25, 0.3) is 0 Å². The van der Waals surface area contributed by atoms with Crippen LogP contribution in [0.5, 0.6) is 5.75 Å². The highest BCUT2D eigenvalue weighted by molar-refractivity contribution is 5.58. The second-order valence-corrected chi connectivity index (χ2v) is 2.29. The summed E-state index contributed by atoms with van der Waals surface area (Å²) in [5.41, 5.74) is 1.67. The van der Waals surface area contributed by atoms with Crippen molar-refractivity contribution in [3.05, 3.63) is 35.2 Å². The Kier molecular flexibility index (Phi) is 2.12. The maximum absolute atomic E-state index is 6.80. The van der Waals surface area contributed by atoms with E-state index in [-0.39, 0.29) is 0 Å². The molecule has 0 heterocycles. The summed E-state index contributed by atoms with van der Waals surface area (Å²) in [5.74, 6) is 0.653. The molecule has 1 aromatic rings. The van der Waals surface area contributed by atoms with Crippen molar-refractivity contribution < 1.29 is 4.74 Å². The molecule has 2 heteroatoms. The van der Waals surface area contributed by atoms with Gasteiger partial charge in [-0.2, -0.15) is 0 Å². The van der Waals surface area contributed by atoms with Gasteiger partial charge in [0.05, 0.1) is 13.7 Å². The van der Waals surface area contributed by atoms with Crippen molar-refractivity contribution in [3.63, 3.8) is 0 Å². The summed E-state index contributed by atoms with van der Waals surface area (Å²) in [6, 6.07) is 5.52. The monoisotopic (exact) mass is 147 g/mol. The second kappa shape index (κ2) is 3.07. The highest BCUT2D eigenvalue weighted by Gasteiger charge is 2.00. The first-order valence-corrected chi connectivity index (χ1v) is 3.30. The Morgan fingerprint density at radius 1 is 1.45 bits per heavy atom. The summed E-state index contributed by atoms with van der Waals surface area (Å²) in [6.45, 7) is 8.77. The summed E-state index contributed by atoms with van der Waals surface area (Å²) < 4.78 is 5.00. The van der Waals surface area contributed by atoms with Gasteiger partial charge in [-0.05, 0) is 13.0 Å². The van der Waals surface area contributed by atoms with E-state index in [1.54, 1.807) is 13.2 Å². The van der Waals surface area contributed by atoms with Gasteiger partial charge >= 0.3 is 0 Å². The molecule has 0 radical (unpaired) electrons. The molecule has 0 aliphatic carbocycles. The number of aryl methyl sites for hydroxylation is 1. The molecule has 0 N–H and O–H groups in total. The van der Waals surface area contributed by atoms with Crippen LogP contribution in [0.3, 0.4) is 0 Å². The predicted molar refractivity (Wildman–Crippen MR) is 44.0 cm³/mol. The molecule has 0 fully saturated rings. The highest BCUT2D eigenvalue weighted by Crippen LogP contribution is 2.27. The first-order valence-electron chi connectivity index (χ1n) is 3.30. The Labute approximate surface area is 66.2 Å². The van der Waals surface area contributed by atoms with E-state index in [0.29, 0.717) is 11.4 Å². The van der Waals surface area contributed by atoms with Crippen LogP contribution in [0.2, 0.25) is 0 Å². The molecule has 0 bridgehead atoms. The fourth-order valence-corrected chi connectivity index (χ4v) is 0.877. The van der Waals surface area contributed by atoms with Gasteiger partial charge in [-0.1, -0.05) is 17.7 Å². The lowest BCUT2D eigenvalue weighted by Crippen LogP contribution is -1.82. The lowest BCUT2D eigenvalue weighted by atomic mass is 10.2. The Balaban J connectivity index is 3.19. The van der Waals surface area contributed by atoms with E-state index < -0.39 is 0 Å². The average Bonchev–Trinajstić information content (AvgIpc) is 2.04. The number of methoxy groups -OCH3 is 1. The number of nitrogens with zero attached hydrogens (tertiary/aromatic N) is 1. The number of ether oxygens (including phenoxy) is 1. The maximum Gasteiger partial charge on any atom is 0.228 e. The lowest BCUT2D eigenvalue weighted by molar-refractivity contribution is 0.417. The Morgan fingerprint density at radius 2 is 2.18 bits per heavy atom. The molecule has 1 aromatic carbocycles. The third-order valence-corrected chi connectivity index (χ3v) is 1.46. The normalized spacial score (nSPS) is 8.82. The van der Waals surface area contributed by atoms with Crippen LogP contribution in [0, 0.1) is 13.5 Å². The van der Waals surface area contributed by atoms with Gasteiger partial charge in [-0.3, -0.25) is 0 Å². The molecule has 0 aliphatic heterocycles. The van der Waals surface area contributed by atoms with Gasteiger partial charge < -0.3 is 4.74 Å². The maximum atomic E-state index is 6.80. The molecule has 0 aromatic heterocycles. The van der Waals surface area contributed by atoms with Crippen molar-refractivity contribution in [3.8, 4) is 5.75 Å². The number of hydrogen-bond acceptors (Lipinski definition) is 1. The first kappa shape index (κ1) is 7.62. The van der Waals surface area contributed by atoms with Gasteiger partial charge in [-0.15, -0.1) is 0 Å². The summed E-state index contributed by atoms with van der Waals surface area (Å²) >= 11 is 0. The van der Waals surface area contributed by atoms with Crippen molar-refractivity contribution in [1.82, 2.24) is 0 Å². The van der Waals surface area contributed by atoms with Crippen LogP contribution in [0.1, 0.15) is 5.56 Å². The zero-order valence-electron chi connectivity index (χ0n) is 6.59. The molecule has 0 saturated carbocycles. The molecule has 0 spiro atoms. The molecule has 1 rings (SSSR count). The van der Waals surface area contributed by atoms with Crippen molar-refractivity contribution in [2.24, 2.45) is 0 Å². The molecule has 0 aliphatic rings. The van der Waals surface area contributed by atoms with Crippen LogP contribution in [-0.4, -0.2) is 7.11 Å². The summed E-state index contributed by atoms with van der Waals surface area (Å²) in [7, 11) is 1.57. The Hall–Kier alpha value is -1.49. The Bertz CT molecular complexity index is 299. The molecule has 0 unspecified atom stereocenters. The fourth-order valence-electron chi connectivity index (χ4n) is 0.877. The van der Waals surface area contributed by atoms with Crippen LogP contribution in [0.15, 0.2) is 18.2 Å². The molecule has 0 atom stereocenters. The van der Waals surface area contributed by atoms with E-state index in [9.17, 15) is 0 Å². The zero-order chi connectivity index (χ0) is 8.27. The molecule has 0 amide bonds. The van der Waals surface area contributed by atoms with E-state index in [0.717, 1.165) is 5.56 Å². The van der Waals surface area contributed by atoms with Crippen LogP contribution >= 0.6 is 0 Å². The summed E-state index contributed by atoms with van der Waals surface area (Å²) in [6.07, 6.45) is 0. The summed E-state index contributed by atoms with van der Waals surface area (Å²) in [5, 5.41) is 0. The van der Waals surface area contributed by atoms with E-state index in [1.807, 2.05) is 19.1 Å². The van der Waals surface area contributed by atoms with Gasteiger partial charge in [0, 0.05) is 0 Å². The van der Waals surface area contributed by atoms with Gasteiger partial charge in [0.2, 0.25) is 5.69 Å². The molecule has 11 heavy (non-hydrogen) atoms. The van der Waals surface area contributed by atoms with Crippen molar-refractivity contribution in [1.29, 1.82) is 0 Å². The second-order valence-electron chi connectivity index (χ2n) is 2.29. The minimum Gasteiger partial charge on any atom is -0.508 e. The predicted octanol–water partition coefficient (Wildman–Crippen LogP) is 2.55. The third kappa shape index (κ3) is 1.50. The first-order chi connectivity index (χ1) is 5.27. The molecular weight excluding hydrogens is 138 g/mol. The smallest absolute Gasteiger partial charge is 0.228 e.